The van der Waals surface area contributed by atoms with Crippen LogP contribution in [0.15, 0.2) is 12.1 Å². The minimum absolute atomic E-state index is 0.0981. The highest BCUT2D eigenvalue weighted by molar-refractivity contribution is 5.76. The molecule has 1 aromatic rings. The number of hydrogen-bond acceptors (Lipinski definition) is 3. The first-order chi connectivity index (χ1) is 9.52. The van der Waals surface area contributed by atoms with Crippen LogP contribution in [-0.4, -0.2) is 20.5 Å². The van der Waals surface area contributed by atoms with Crippen molar-refractivity contribution in [3.63, 3.8) is 0 Å². The van der Waals surface area contributed by atoms with E-state index in [2.05, 4.69) is 13.0 Å². The number of aldehydes is 1. The smallest absolute Gasteiger partial charge is 0.164 e. The number of methoxy groups -OCH3 is 2. The largest absolute Gasteiger partial charge is 0.493 e. The summed E-state index contributed by atoms with van der Waals surface area (Å²) in [6, 6.07) is 4.06. The molecule has 0 heterocycles. The van der Waals surface area contributed by atoms with Crippen molar-refractivity contribution in [1.82, 2.24) is 0 Å². The van der Waals surface area contributed by atoms with Crippen molar-refractivity contribution in [3.8, 4) is 11.5 Å². The molecule has 0 aliphatic heterocycles. The molecule has 3 rings (SSSR count). The standard InChI is InChI=1S/C17H22O3/c1-11-7-13(15(20-4)14(8-11)19-3)17(10-18)6-5-12-9-16(12,17)2/h7-8,10,12H,5-6,9H2,1-4H3/t12-,16+,17+/m1/s1. The minimum Gasteiger partial charge on any atom is -0.493 e. The highest BCUT2D eigenvalue weighted by Crippen LogP contribution is 2.72. The fraction of sp³-hybridized carbons (Fsp3) is 0.588. The van der Waals surface area contributed by atoms with Crippen LogP contribution in [0.1, 0.15) is 37.3 Å². The Morgan fingerprint density at radius 2 is 2.05 bits per heavy atom. The molecule has 0 aromatic heterocycles. The van der Waals surface area contributed by atoms with Crippen molar-refractivity contribution in [2.24, 2.45) is 11.3 Å². The van der Waals surface area contributed by atoms with Crippen LogP contribution in [0.2, 0.25) is 0 Å². The summed E-state index contributed by atoms with van der Waals surface area (Å²) in [5.74, 6) is 2.12. The second kappa shape index (κ2) is 4.24. The van der Waals surface area contributed by atoms with Gasteiger partial charge in [0.15, 0.2) is 11.5 Å². The van der Waals surface area contributed by atoms with E-state index in [9.17, 15) is 4.79 Å². The average molecular weight is 274 g/mol. The number of carbonyl (C=O) groups is 1. The zero-order valence-corrected chi connectivity index (χ0v) is 12.7. The molecule has 2 aliphatic rings. The van der Waals surface area contributed by atoms with Crippen LogP contribution in [-0.2, 0) is 10.2 Å². The van der Waals surface area contributed by atoms with Gasteiger partial charge in [0.05, 0.1) is 19.6 Å². The van der Waals surface area contributed by atoms with Crippen molar-refractivity contribution in [1.29, 1.82) is 0 Å². The Labute approximate surface area is 120 Å². The number of rotatable bonds is 4. The van der Waals surface area contributed by atoms with E-state index < -0.39 is 5.41 Å². The molecule has 3 heteroatoms. The third kappa shape index (κ3) is 1.49. The molecule has 20 heavy (non-hydrogen) atoms. The van der Waals surface area contributed by atoms with Crippen molar-refractivity contribution in [3.05, 3.63) is 23.3 Å². The molecule has 2 fully saturated rings. The Bertz CT molecular complexity index is 564. The summed E-state index contributed by atoms with van der Waals surface area (Å²) in [5.41, 5.74) is 1.80. The Balaban J connectivity index is 2.23. The van der Waals surface area contributed by atoms with Gasteiger partial charge in [-0.2, -0.15) is 0 Å². The Morgan fingerprint density at radius 3 is 2.50 bits per heavy atom. The van der Waals surface area contributed by atoms with Crippen molar-refractivity contribution in [2.45, 2.75) is 38.5 Å². The van der Waals surface area contributed by atoms with Gasteiger partial charge in [0.1, 0.15) is 6.29 Å². The maximum Gasteiger partial charge on any atom is 0.164 e. The Kier molecular flexibility index (Phi) is 2.86. The molecular weight excluding hydrogens is 252 g/mol. The molecule has 1 aromatic carbocycles. The van der Waals surface area contributed by atoms with Crippen molar-refractivity contribution >= 4 is 6.29 Å². The molecule has 0 N–H and O–H groups in total. The van der Waals surface area contributed by atoms with E-state index in [4.69, 9.17) is 9.47 Å². The first kappa shape index (κ1) is 13.5. The average Bonchev–Trinajstić information content (AvgIpc) is 3.03. The zero-order chi connectivity index (χ0) is 14.5. The van der Waals surface area contributed by atoms with Gasteiger partial charge in [-0.3, -0.25) is 0 Å². The van der Waals surface area contributed by atoms with Crippen LogP contribution < -0.4 is 9.47 Å². The third-order valence-electron chi connectivity index (χ3n) is 5.62. The molecule has 0 unspecified atom stereocenters. The van der Waals surface area contributed by atoms with Crippen LogP contribution in [0, 0.1) is 18.3 Å². The molecule has 3 nitrogen and oxygen atoms in total. The lowest BCUT2D eigenvalue weighted by Crippen LogP contribution is -2.35. The first-order valence-electron chi connectivity index (χ1n) is 7.22. The Morgan fingerprint density at radius 1 is 1.30 bits per heavy atom. The quantitative estimate of drug-likeness (QED) is 0.790. The van der Waals surface area contributed by atoms with Crippen LogP contribution in [0.5, 0.6) is 11.5 Å². The number of hydrogen-bond donors (Lipinski definition) is 0. The first-order valence-corrected chi connectivity index (χ1v) is 7.22. The summed E-state index contributed by atoms with van der Waals surface area (Å²) in [5, 5.41) is 0. The second-order valence-electron chi connectivity index (χ2n) is 6.49. The van der Waals surface area contributed by atoms with Gasteiger partial charge in [0, 0.05) is 5.56 Å². The Hall–Kier alpha value is -1.51. The lowest BCUT2D eigenvalue weighted by atomic mass is 9.69. The fourth-order valence-corrected chi connectivity index (χ4v) is 4.24. The van der Waals surface area contributed by atoms with E-state index in [1.165, 1.54) is 0 Å². The predicted molar refractivity (Wildman–Crippen MR) is 77.5 cm³/mol. The lowest BCUT2D eigenvalue weighted by Gasteiger charge is -2.33. The maximum atomic E-state index is 12.1. The van der Waals surface area contributed by atoms with Gasteiger partial charge in [0.2, 0.25) is 0 Å². The molecule has 0 saturated heterocycles. The summed E-state index contributed by atoms with van der Waals surface area (Å²) in [4.78, 5) is 12.1. The number of fused-ring (bicyclic) bond motifs is 1. The molecule has 0 amide bonds. The lowest BCUT2D eigenvalue weighted by molar-refractivity contribution is -0.114. The summed E-state index contributed by atoms with van der Waals surface area (Å²) < 4.78 is 11.0. The van der Waals surface area contributed by atoms with Gasteiger partial charge in [-0.15, -0.1) is 0 Å². The maximum absolute atomic E-state index is 12.1. The molecule has 3 atom stereocenters. The number of aryl methyl sites for hydroxylation is 1. The minimum atomic E-state index is -0.414. The molecule has 0 radical (unpaired) electrons. The third-order valence-corrected chi connectivity index (χ3v) is 5.62. The van der Waals surface area contributed by atoms with Gasteiger partial charge in [0.25, 0.3) is 0 Å². The molecule has 108 valence electrons. The summed E-state index contributed by atoms with van der Waals surface area (Å²) in [7, 11) is 3.29. The van der Waals surface area contributed by atoms with E-state index in [1.807, 2.05) is 13.0 Å². The van der Waals surface area contributed by atoms with Gasteiger partial charge in [-0.25, -0.2) is 0 Å². The highest BCUT2D eigenvalue weighted by atomic mass is 16.5. The van der Waals surface area contributed by atoms with Gasteiger partial charge in [-0.1, -0.05) is 13.0 Å². The van der Waals surface area contributed by atoms with Crippen molar-refractivity contribution < 1.29 is 14.3 Å². The van der Waals surface area contributed by atoms with Crippen molar-refractivity contribution in [2.75, 3.05) is 14.2 Å². The number of ether oxygens (including phenoxy) is 2. The SMILES string of the molecule is COc1cc(C)cc([C@@]2(C=O)CC[C@@H]3C[C@@]32C)c1OC. The molecule has 2 aliphatic carbocycles. The van der Waals surface area contributed by atoms with Gasteiger partial charge < -0.3 is 14.3 Å². The monoisotopic (exact) mass is 274 g/mol. The van der Waals surface area contributed by atoms with E-state index in [-0.39, 0.29) is 5.41 Å². The fourth-order valence-electron chi connectivity index (χ4n) is 4.24. The molecule has 0 bridgehead atoms. The van der Waals surface area contributed by atoms with Crippen LogP contribution in [0.3, 0.4) is 0 Å². The van der Waals surface area contributed by atoms with Crippen LogP contribution in [0.25, 0.3) is 0 Å². The van der Waals surface area contributed by atoms with Crippen LogP contribution >= 0.6 is 0 Å². The number of benzene rings is 1. The summed E-state index contributed by atoms with van der Waals surface area (Å²) >= 11 is 0. The topological polar surface area (TPSA) is 35.5 Å². The molecule has 2 saturated carbocycles. The van der Waals surface area contributed by atoms with E-state index >= 15 is 0 Å². The number of carbonyl (C=O) groups excluding carboxylic acids is 1. The van der Waals surface area contributed by atoms with E-state index in [0.717, 1.165) is 48.2 Å². The van der Waals surface area contributed by atoms with Crippen LogP contribution in [0.4, 0.5) is 0 Å². The summed E-state index contributed by atoms with van der Waals surface area (Å²) in [6.45, 7) is 4.28. The molecular formula is C17H22O3. The van der Waals surface area contributed by atoms with E-state index in [1.54, 1.807) is 14.2 Å². The predicted octanol–water partition coefficient (Wildman–Crippen LogP) is 3.27. The van der Waals surface area contributed by atoms with Gasteiger partial charge >= 0.3 is 0 Å². The second-order valence-corrected chi connectivity index (χ2v) is 6.49. The molecule has 0 spiro atoms. The van der Waals surface area contributed by atoms with Gasteiger partial charge in [-0.05, 0) is 49.1 Å². The normalized spacial score (nSPS) is 34.5. The summed E-state index contributed by atoms with van der Waals surface area (Å²) in [6.07, 6.45) is 4.36. The highest BCUT2D eigenvalue weighted by Gasteiger charge is 2.68. The van der Waals surface area contributed by atoms with E-state index in [0.29, 0.717) is 5.92 Å². The zero-order valence-electron chi connectivity index (χ0n) is 12.7.